The van der Waals surface area contributed by atoms with Crippen molar-refractivity contribution in [3.05, 3.63) is 71.9 Å². The number of benzene rings is 1. The Labute approximate surface area is 246 Å². The fourth-order valence-electron chi connectivity index (χ4n) is 5.46. The molecule has 0 spiro atoms. The van der Waals surface area contributed by atoms with Gasteiger partial charge in [0.05, 0.1) is 24.2 Å². The fourth-order valence-corrected chi connectivity index (χ4v) is 5.46. The molecule has 10 nitrogen and oxygen atoms in total. The maximum atomic E-state index is 12.4. The van der Waals surface area contributed by atoms with E-state index >= 15 is 0 Å². The van der Waals surface area contributed by atoms with E-state index in [2.05, 4.69) is 67.2 Å². The number of pyridine rings is 2. The first-order valence-electron chi connectivity index (χ1n) is 14.7. The summed E-state index contributed by atoms with van der Waals surface area (Å²) in [5, 5.41) is 0. The molecule has 220 valence electrons. The van der Waals surface area contributed by atoms with Gasteiger partial charge in [-0.25, -0.2) is 14.8 Å². The molecule has 10 heteroatoms. The minimum Gasteiger partial charge on any atom is -0.444 e. The monoisotopic (exact) mass is 569 g/mol. The van der Waals surface area contributed by atoms with Crippen LogP contribution in [0.2, 0.25) is 0 Å². The van der Waals surface area contributed by atoms with E-state index in [0.717, 1.165) is 85.4 Å². The van der Waals surface area contributed by atoms with E-state index in [1.54, 1.807) is 4.90 Å². The molecule has 0 aliphatic carbocycles. The van der Waals surface area contributed by atoms with Gasteiger partial charge < -0.3 is 24.3 Å². The lowest BCUT2D eigenvalue weighted by Gasteiger charge is -2.35. The van der Waals surface area contributed by atoms with Crippen LogP contribution >= 0.6 is 0 Å². The number of aromatic nitrogens is 4. The second-order valence-corrected chi connectivity index (χ2v) is 12.0. The Hall–Kier alpha value is -4.02. The van der Waals surface area contributed by atoms with E-state index in [9.17, 15) is 4.79 Å². The summed E-state index contributed by atoms with van der Waals surface area (Å²) in [6.07, 6.45) is 4.14. The van der Waals surface area contributed by atoms with Crippen LogP contribution in [0.25, 0.3) is 22.2 Å². The smallest absolute Gasteiger partial charge is 0.410 e. The normalized spacial score (nSPS) is 16.6. The van der Waals surface area contributed by atoms with Crippen molar-refractivity contribution >= 4 is 22.9 Å². The average Bonchev–Trinajstić information content (AvgIpc) is 3.39. The molecule has 2 saturated heterocycles. The molecule has 4 aromatic rings. The molecule has 42 heavy (non-hydrogen) atoms. The number of hydrogen-bond acceptors (Lipinski definition) is 8. The number of imidazole rings is 1. The highest BCUT2D eigenvalue weighted by Gasteiger charge is 2.26. The molecule has 0 unspecified atom stereocenters. The largest absolute Gasteiger partial charge is 0.444 e. The van der Waals surface area contributed by atoms with E-state index in [1.165, 1.54) is 5.56 Å². The van der Waals surface area contributed by atoms with Crippen LogP contribution in [0, 0.1) is 0 Å². The minimum atomic E-state index is -0.476. The molecule has 0 bridgehead atoms. The van der Waals surface area contributed by atoms with Gasteiger partial charge in [0.2, 0.25) is 0 Å². The highest BCUT2D eigenvalue weighted by atomic mass is 16.6. The maximum absolute atomic E-state index is 12.4. The van der Waals surface area contributed by atoms with Gasteiger partial charge in [-0.1, -0.05) is 6.07 Å². The number of nitrogens with zero attached hydrogens (tertiary/aromatic N) is 6. The van der Waals surface area contributed by atoms with Gasteiger partial charge >= 0.3 is 6.09 Å². The number of piperazine rings is 1. The molecule has 2 aliphatic rings. The summed E-state index contributed by atoms with van der Waals surface area (Å²) in [5.74, 6) is 1.87. The molecule has 2 fully saturated rings. The minimum absolute atomic E-state index is 0.232. The second kappa shape index (κ2) is 12.1. The van der Waals surface area contributed by atoms with Gasteiger partial charge in [0.15, 0.2) is 0 Å². The molecule has 1 aromatic carbocycles. The lowest BCUT2D eigenvalue weighted by molar-refractivity contribution is 0.0139. The number of ether oxygens (including phenoxy) is 2. The molecule has 3 aromatic heterocycles. The third-order valence-corrected chi connectivity index (χ3v) is 7.60. The van der Waals surface area contributed by atoms with Gasteiger partial charge in [0, 0.05) is 70.3 Å². The van der Waals surface area contributed by atoms with Crippen molar-refractivity contribution in [1.29, 1.82) is 0 Å². The van der Waals surface area contributed by atoms with E-state index in [-0.39, 0.29) is 6.09 Å². The van der Waals surface area contributed by atoms with Gasteiger partial charge in [-0.2, -0.15) is 0 Å². The van der Waals surface area contributed by atoms with Crippen molar-refractivity contribution in [2.45, 2.75) is 39.3 Å². The molecule has 0 atom stereocenters. The molecule has 0 radical (unpaired) electrons. The molecule has 0 saturated carbocycles. The topological polar surface area (TPSA) is 99.7 Å². The highest BCUT2D eigenvalue weighted by molar-refractivity contribution is 5.82. The number of carbonyl (C=O) groups is 1. The number of fused-ring (bicyclic) bond motifs is 1. The Balaban J connectivity index is 1.09. The third-order valence-electron chi connectivity index (χ3n) is 7.60. The molecule has 6 rings (SSSR count). The Morgan fingerprint density at radius 1 is 0.929 bits per heavy atom. The number of morpholine rings is 1. The molecule has 1 N–H and O–H groups in total. The van der Waals surface area contributed by atoms with Crippen molar-refractivity contribution in [3.8, 4) is 11.1 Å². The summed E-state index contributed by atoms with van der Waals surface area (Å²) in [7, 11) is 0. The zero-order valence-electron chi connectivity index (χ0n) is 24.7. The van der Waals surface area contributed by atoms with Gasteiger partial charge in [-0.3, -0.25) is 9.88 Å². The summed E-state index contributed by atoms with van der Waals surface area (Å²) in [6.45, 7) is 12.7. The first-order chi connectivity index (χ1) is 20.3. The lowest BCUT2D eigenvalue weighted by Crippen LogP contribution is -2.49. The zero-order valence-corrected chi connectivity index (χ0v) is 24.7. The maximum Gasteiger partial charge on any atom is 0.410 e. The van der Waals surface area contributed by atoms with Crippen molar-refractivity contribution in [1.82, 2.24) is 29.7 Å². The Morgan fingerprint density at radius 2 is 1.69 bits per heavy atom. The molecular formula is C32H39N7O3. The van der Waals surface area contributed by atoms with Crippen LogP contribution in [-0.2, 0) is 22.4 Å². The van der Waals surface area contributed by atoms with Crippen LogP contribution in [0.1, 0.15) is 37.9 Å². The Kier molecular flexibility index (Phi) is 8.08. The summed E-state index contributed by atoms with van der Waals surface area (Å²) in [5.41, 5.74) is 5.91. The van der Waals surface area contributed by atoms with Crippen LogP contribution in [-0.4, -0.2) is 93.9 Å². The number of amides is 1. The van der Waals surface area contributed by atoms with Gasteiger partial charge in [-0.05, 0) is 73.9 Å². The third kappa shape index (κ3) is 6.88. The summed E-state index contributed by atoms with van der Waals surface area (Å²) in [6, 6.07) is 14.8. The van der Waals surface area contributed by atoms with E-state index in [0.29, 0.717) is 19.5 Å². The van der Waals surface area contributed by atoms with Crippen LogP contribution in [0.5, 0.6) is 0 Å². The number of hydrogen-bond donors (Lipinski definition) is 1. The lowest BCUT2D eigenvalue weighted by atomic mass is 10.1. The van der Waals surface area contributed by atoms with Crippen LogP contribution in [0.3, 0.4) is 0 Å². The van der Waals surface area contributed by atoms with Gasteiger partial charge in [-0.15, -0.1) is 0 Å². The van der Waals surface area contributed by atoms with E-state index in [1.807, 2.05) is 33.2 Å². The molecular weight excluding hydrogens is 530 g/mol. The van der Waals surface area contributed by atoms with Gasteiger partial charge in [0.1, 0.15) is 17.2 Å². The van der Waals surface area contributed by atoms with Crippen molar-refractivity contribution in [2.75, 3.05) is 57.4 Å². The molecule has 5 heterocycles. The van der Waals surface area contributed by atoms with Gasteiger partial charge in [0.25, 0.3) is 0 Å². The fraction of sp³-hybridized carbons (Fsp3) is 0.438. The average molecular weight is 570 g/mol. The van der Waals surface area contributed by atoms with Crippen LogP contribution in [0.4, 0.5) is 10.6 Å². The molecule has 2 aliphatic heterocycles. The summed E-state index contributed by atoms with van der Waals surface area (Å²) < 4.78 is 11.0. The number of carbonyl (C=O) groups excluding carboxylic acids is 1. The quantitative estimate of drug-likeness (QED) is 0.362. The molecule has 1 amide bonds. The standard InChI is InChI=1S/C32H39N7O3/c1-32(2,3)42-31(40)39-12-10-37(11-13-39)22-23-6-8-33-26(18-23)21-29-35-27-5-4-24(19-28(27)36-29)25-7-9-34-30(20-25)38-14-16-41-17-15-38/h4-9,18-20H,10-17,21-22H2,1-3H3,(H,35,36). The van der Waals surface area contributed by atoms with Crippen LogP contribution in [0.15, 0.2) is 54.9 Å². The predicted octanol–water partition coefficient (Wildman–Crippen LogP) is 4.50. The number of nitrogens with one attached hydrogen (secondary N) is 1. The second-order valence-electron chi connectivity index (χ2n) is 12.0. The number of anilines is 1. The predicted molar refractivity (Wildman–Crippen MR) is 162 cm³/mol. The van der Waals surface area contributed by atoms with Crippen molar-refractivity contribution < 1.29 is 14.3 Å². The Morgan fingerprint density at radius 3 is 2.48 bits per heavy atom. The number of rotatable bonds is 6. The summed E-state index contributed by atoms with van der Waals surface area (Å²) in [4.78, 5) is 36.4. The number of aromatic amines is 1. The number of H-pyrrole nitrogens is 1. The Bertz CT molecular complexity index is 1530. The zero-order chi connectivity index (χ0) is 29.1. The SMILES string of the molecule is CC(C)(C)OC(=O)N1CCN(Cc2ccnc(Cc3nc4ccc(-c5ccnc(N6CCOCC6)c5)cc4[nH]3)c2)CC1. The first-order valence-corrected chi connectivity index (χ1v) is 14.7. The van der Waals surface area contributed by atoms with Crippen molar-refractivity contribution in [3.63, 3.8) is 0 Å². The van der Waals surface area contributed by atoms with Crippen LogP contribution < -0.4 is 4.90 Å². The first kappa shape index (κ1) is 28.1. The summed E-state index contributed by atoms with van der Waals surface area (Å²) >= 11 is 0. The van der Waals surface area contributed by atoms with E-state index in [4.69, 9.17) is 14.5 Å². The van der Waals surface area contributed by atoms with Crippen molar-refractivity contribution in [2.24, 2.45) is 0 Å². The highest BCUT2D eigenvalue weighted by Crippen LogP contribution is 2.27. The van der Waals surface area contributed by atoms with E-state index < -0.39 is 5.60 Å².